The molecule has 0 fully saturated rings. The van der Waals surface area contributed by atoms with E-state index >= 15 is 0 Å². The Morgan fingerprint density at radius 1 is 1.00 bits per heavy atom. The molecule has 0 unspecified atom stereocenters. The van der Waals surface area contributed by atoms with Crippen LogP contribution in [0.4, 0.5) is 0 Å². The van der Waals surface area contributed by atoms with Crippen molar-refractivity contribution in [3.8, 4) is 17.2 Å². The number of halogens is 1. The summed E-state index contributed by atoms with van der Waals surface area (Å²) in [5.41, 5.74) is 0.957. The van der Waals surface area contributed by atoms with Crippen molar-refractivity contribution in [3.63, 3.8) is 0 Å². The average Bonchev–Trinajstić information content (AvgIpc) is 2.56. The molecule has 0 atom stereocenters. The summed E-state index contributed by atoms with van der Waals surface area (Å²) >= 11 is 6.24. The minimum Gasteiger partial charge on any atom is -0.493 e. The number of ether oxygens (including phenoxy) is 3. The maximum absolute atomic E-state index is 6.24. The van der Waals surface area contributed by atoms with E-state index < -0.39 is 0 Å². The summed E-state index contributed by atoms with van der Waals surface area (Å²) in [7, 11) is 3.20. The topological polar surface area (TPSA) is 39.7 Å². The van der Waals surface area contributed by atoms with Crippen LogP contribution >= 0.6 is 11.6 Å². The molecule has 0 aliphatic carbocycles. The van der Waals surface area contributed by atoms with E-state index in [1.165, 1.54) is 0 Å². The highest BCUT2D eigenvalue weighted by Gasteiger charge is 2.09. The Kier molecular flexibility index (Phi) is 6.37. The number of benzene rings is 2. The fourth-order valence-corrected chi connectivity index (χ4v) is 2.23. The van der Waals surface area contributed by atoms with Crippen molar-refractivity contribution in [3.05, 3.63) is 53.1 Å². The quantitative estimate of drug-likeness (QED) is 0.755. The van der Waals surface area contributed by atoms with Gasteiger partial charge in [0.25, 0.3) is 0 Å². The lowest BCUT2D eigenvalue weighted by Crippen LogP contribution is -2.20. The van der Waals surface area contributed by atoms with Gasteiger partial charge in [-0.15, -0.1) is 0 Å². The number of rotatable bonds is 8. The Hall–Kier alpha value is -1.91. The predicted octanol–water partition coefficient (Wildman–Crippen LogP) is 3.53. The summed E-state index contributed by atoms with van der Waals surface area (Å²) in [6, 6.07) is 13.4. The normalized spacial score (nSPS) is 10.3. The number of hydrogen-bond acceptors (Lipinski definition) is 4. The Morgan fingerprint density at radius 2 is 1.68 bits per heavy atom. The van der Waals surface area contributed by atoms with E-state index in [0.29, 0.717) is 29.7 Å². The zero-order valence-corrected chi connectivity index (χ0v) is 13.5. The molecular formula is C17H20ClNO3. The molecule has 0 heterocycles. The van der Waals surface area contributed by atoms with Gasteiger partial charge in [0, 0.05) is 24.2 Å². The fraction of sp³-hybridized carbons (Fsp3) is 0.294. The van der Waals surface area contributed by atoms with Crippen LogP contribution in [0.1, 0.15) is 5.56 Å². The van der Waals surface area contributed by atoms with Crippen LogP contribution in [-0.4, -0.2) is 27.4 Å². The van der Waals surface area contributed by atoms with Crippen molar-refractivity contribution >= 4 is 11.6 Å². The third-order valence-electron chi connectivity index (χ3n) is 3.16. The average molecular weight is 322 g/mol. The highest BCUT2D eigenvalue weighted by atomic mass is 35.5. The summed E-state index contributed by atoms with van der Waals surface area (Å²) in [6.07, 6.45) is 0. The molecule has 5 heteroatoms. The molecule has 0 aliphatic heterocycles. The third-order valence-corrected chi connectivity index (χ3v) is 3.51. The predicted molar refractivity (Wildman–Crippen MR) is 88.2 cm³/mol. The Labute approximate surface area is 136 Å². The molecule has 118 valence electrons. The number of nitrogens with one attached hydrogen (secondary N) is 1. The number of hydrogen-bond donors (Lipinski definition) is 1. The molecular weight excluding hydrogens is 302 g/mol. The van der Waals surface area contributed by atoms with Gasteiger partial charge in [-0.2, -0.15) is 0 Å². The minimum atomic E-state index is 0.592. The van der Waals surface area contributed by atoms with Crippen LogP contribution < -0.4 is 19.5 Å². The first-order chi connectivity index (χ1) is 10.7. The first kappa shape index (κ1) is 16.5. The maximum Gasteiger partial charge on any atom is 0.162 e. The highest BCUT2D eigenvalue weighted by molar-refractivity contribution is 6.31. The van der Waals surface area contributed by atoms with Gasteiger partial charge < -0.3 is 19.5 Å². The summed E-state index contributed by atoms with van der Waals surface area (Å²) in [6.45, 7) is 1.95. The van der Waals surface area contributed by atoms with Gasteiger partial charge in [0.05, 0.1) is 14.2 Å². The molecule has 0 spiro atoms. The Bertz CT molecular complexity index is 590. The molecule has 4 nitrogen and oxygen atoms in total. The fourth-order valence-electron chi connectivity index (χ4n) is 2.01. The van der Waals surface area contributed by atoms with Crippen LogP contribution in [-0.2, 0) is 6.54 Å². The summed E-state index contributed by atoms with van der Waals surface area (Å²) < 4.78 is 16.1. The summed E-state index contributed by atoms with van der Waals surface area (Å²) in [5, 5.41) is 3.94. The molecule has 0 bridgehead atoms. The number of methoxy groups -OCH3 is 2. The van der Waals surface area contributed by atoms with Crippen LogP contribution in [0.2, 0.25) is 5.02 Å². The molecule has 0 saturated carbocycles. The van der Waals surface area contributed by atoms with Gasteiger partial charge in [-0.1, -0.05) is 29.8 Å². The molecule has 0 aromatic heterocycles. The van der Waals surface area contributed by atoms with E-state index in [1.807, 2.05) is 36.4 Å². The van der Waals surface area contributed by atoms with E-state index in [0.717, 1.165) is 17.9 Å². The molecule has 22 heavy (non-hydrogen) atoms. The van der Waals surface area contributed by atoms with Gasteiger partial charge in [0.2, 0.25) is 0 Å². The van der Waals surface area contributed by atoms with Crippen LogP contribution in [0.3, 0.4) is 0 Å². The SMILES string of the molecule is COc1cc(Cl)c(CNCCOc2ccccc2)cc1OC. The second kappa shape index (κ2) is 8.51. The van der Waals surface area contributed by atoms with Gasteiger partial charge in [-0.25, -0.2) is 0 Å². The van der Waals surface area contributed by atoms with Gasteiger partial charge in [-0.3, -0.25) is 0 Å². The van der Waals surface area contributed by atoms with Gasteiger partial charge in [0.1, 0.15) is 12.4 Å². The monoisotopic (exact) mass is 321 g/mol. The van der Waals surface area contributed by atoms with Crippen LogP contribution in [0, 0.1) is 0 Å². The summed E-state index contributed by atoms with van der Waals surface area (Å²) in [4.78, 5) is 0. The smallest absolute Gasteiger partial charge is 0.162 e. The second-order valence-electron chi connectivity index (χ2n) is 4.64. The first-order valence-electron chi connectivity index (χ1n) is 7.03. The molecule has 0 saturated heterocycles. The Morgan fingerprint density at radius 3 is 2.36 bits per heavy atom. The largest absolute Gasteiger partial charge is 0.493 e. The molecule has 0 aliphatic rings. The number of para-hydroxylation sites is 1. The van der Waals surface area contributed by atoms with Crippen LogP contribution in [0.15, 0.2) is 42.5 Å². The van der Waals surface area contributed by atoms with Gasteiger partial charge >= 0.3 is 0 Å². The Balaban J connectivity index is 1.81. The van der Waals surface area contributed by atoms with Crippen LogP contribution in [0.25, 0.3) is 0 Å². The van der Waals surface area contributed by atoms with E-state index in [1.54, 1.807) is 20.3 Å². The standard InChI is InChI=1S/C17H20ClNO3/c1-20-16-10-13(15(18)11-17(16)21-2)12-19-8-9-22-14-6-4-3-5-7-14/h3-7,10-11,19H,8-9,12H2,1-2H3. The van der Waals surface area contributed by atoms with E-state index in [2.05, 4.69) is 5.32 Å². The maximum atomic E-state index is 6.24. The molecule has 0 radical (unpaired) electrons. The third kappa shape index (κ3) is 4.55. The van der Waals surface area contributed by atoms with Crippen molar-refractivity contribution < 1.29 is 14.2 Å². The lowest BCUT2D eigenvalue weighted by Gasteiger charge is -2.12. The van der Waals surface area contributed by atoms with Gasteiger partial charge in [0.15, 0.2) is 11.5 Å². The lowest BCUT2D eigenvalue weighted by atomic mass is 10.2. The zero-order chi connectivity index (χ0) is 15.8. The van der Waals surface area contributed by atoms with Crippen molar-refractivity contribution in [2.75, 3.05) is 27.4 Å². The molecule has 2 rings (SSSR count). The van der Waals surface area contributed by atoms with Crippen molar-refractivity contribution in [1.29, 1.82) is 0 Å². The first-order valence-corrected chi connectivity index (χ1v) is 7.41. The second-order valence-corrected chi connectivity index (χ2v) is 5.04. The van der Waals surface area contributed by atoms with E-state index in [9.17, 15) is 0 Å². The molecule has 2 aromatic rings. The van der Waals surface area contributed by atoms with Crippen molar-refractivity contribution in [2.24, 2.45) is 0 Å². The highest BCUT2D eigenvalue weighted by Crippen LogP contribution is 2.32. The van der Waals surface area contributed by atoms with E-state index in [-0.39, 0.29) is 0 Å². The van der Waals surface area contributed by atoms with E-state index in [4.69, 9.17) is 25.8 Å². The summed E-state index contributed by atoms with van der Waals surface area (Å²) in [5.74, 6) is 2.17. The van der Waals surface area contributed by atoms with Crippen molar-refractivity contribution in [2.45, 2.75) is 6.54 Å². The van der Waals surface area contributed by atoms with Crippen molar-refractivity contribution in [1.82, 2.24) is 5.32 Å². The minimum absolute atomic E-state index is 0.592. The zero-order valence-electron chi connectivity index (χ0n) is 12.8. The lowest BCUT2D eigenvalue weighted by molar-refractivity contribution is 0.313. The van der Waals surface area contributed by atoms with Gasteiger partial charge in [-0.05, 0) is 23.8 Å². The molecule has 1 N–H and O–H groups in total. The van der Waals surface area contributed by atoms with Crippen LogP contribution in [0.5, 0.6) is 17.2 Å². The molecule has 2 aromatic carbocycles. The molecule has 0 amide bonds.